The van der Waals surface area contributed by atoms with Crippen LogP contribution in [0, 0.1) is 29.6 Å². The van der Waals surface area contributed by atoms with Crippen LogP contribution in [0.5, 0.6) is 0 Å². The van der Waals surface area contributed by atoms with E-state index in [2.05, 4.69) is 79.4 Å². The summed E-state index contributed by atoms with van der Waals surface area (Å²) in [5.41, 5.74) is -4.78. The highest BCUT2D eigenvalue weighted by Gasteiger charge is 2.50. The number of esters is 1. The molecule has 0 bridgehead atoms. The van der Waals surface area contributed by atoms with Gasteiger partial charge in [-0.2, -0.15) is 0 Å². The fourth-order valence-corrected chi connectivity index (χ4v) is 16.2. The minimum Gasteiger partial charge on any atom is -0.453 e. The first-order chi connectivity index (χ1) is 65.4. The number of aliphatic hydroxyl groups is 2. The summed E-state index contributed by atoms with van der Waals surface area (Å²) < 4.78 is 36.6. The van der Waals surface area contributed by atoms with Gasteiger partial charge in [0.15, 0.2) is 26.6 Å². The first kappa shape index (κ1) is 120. The van der Waals surface area contributed by atoms with E-state index < -0.39 is 258 Å². The van der Waals surface area contributed by atoms with Gasteiger partial charge in [-0.05, 0) is 192 Å². The number of amides is 14. The molecule has 39 heteroatoms. The number of alkyl carbamates (subject to hydrolysis) is 2. The van der Waals surface area contributed by atoms with Crippen molar-refractivity contribution in [2.24, 2.45) is 34.6 Å². The third-order valence-corrected chi connectivity index (χ3v) is 27.4. The summed E-state index contributed by atoms with van der Waals surface area (Å²) in [6, 6.07) is 14.3. The van der Waals surface area contributed by atoms with E-state index in [9.17, 15) is 39.0 Å². The Morgan fingerprint density at radius 3 is 1.43 bits per heavy atom. The maximum absolute atomic E-state index is 16.9. The predicted octanol–water partition coefficient (Wildman–Crippen LogP) is 8.74. The fraction of sp³-hybridized carbons (Fsp3) is 0.608. The molecule has 14 amide bonds. The second kappa shape index (κ2) is 53.2. The summed E-state index contributed by atoms with van der Waals surface area (Å²) in [5, 5.41) is 61.2. The van der Waals surface area contributed by atoms with E-state index in [0.29, 0.717) is 16.7 Å². The minimum absolute atomic E-state index is 0.0211. The molecular formula is C102H157N15O23Si. The normalized spacial score (nSPS) is 20.8. The quantitative estimate of drug-likeness (QED) is 0.00425. The molecule has 0 spiro atoms. The molecule has 4 aromatic carbocycles. The molecule has 38 nitrogen and oxygen atoms in total. The summed E-state index contributed by atoms with van der Waals surface area (Å²) in [5.74, 6) is -17.6. The Balaban J connectivity index is 1.96. The molecule has 16 N–H and O–H groups in total. The van der Waals surface area contributed by atoms with Crippen LogP contribution in [0.1, 0.15) is 247 Å². The highest BCUT2D eigenvalue weighted by Crippen LogP contribution is 2.40. The number of benzene rings is 4. The Labute approximate surface area is 831 Å². The SMILES string of the molecule is CC[C@H](C)[C@@H]1NC(=O)[C@@H](CCCN/C(=N/C(=O)OC(C)(C)C)NC(=O)OC(C)(C)C)NC(=O)[C@H](CC(C)C)NC(=O)[C@H]([C@H](O[Si](C)(C)C(C)(C)C)C(C)C)NC(=O)[C@@H](NC(=O)[C@H](CC(C)C)NC(=O)[C@@H](CC(C)C)NC(=O)OC(C)(C)C)[C@@H](c2ccccc2)OC(=O)[C@H](COC(C)(C)C)NC(=O)[C@H]([C@H](O)C(=O)NC(c2ccccc2)(c2ccccc2)c2ccccc2)NC(=O)CNC(=O)[C@H]([C@H](C)O)NC1=O. The Morgan fingerprint density at radius 2 is 0.957 bits per heavy atom. The molecule has 1 aliphatic rings. The van der Waals surface area contributed by atoms with Crippen molar-refractivity contribution in [3.05, 3.63) is 144 Å². The van der Waals surface area contributed by atoms with E-state index in [0.717, 1.165) is 6.92 Å². The number of aliphatic hydroxyl groups excluding tert-OH is 2. The number of guanidine groups is 1. The Hall–Kier alpha value is -11.9. The number of cyclic esters (lactones) is 1. The average Bonchev–Trinajstić information content (AvgIpc) is 0.749. The van der Waals surface area contributed by atoms with Crippen LogP contribution in [-0.2, 0) is 91.2 Å². The number of ether oxygens (including phenoxy) is 5. The van der Waals surface area contributed by atoms with Crippen LogP contribution in [0.25, 0.3) is 0 Å². The minimum atomic E-state index is -3.19. The third-order valence-electron chi connectivity index (χ3n) is 22.9. The number of carbonyl (C=O) groups is 15. The van der Waals surface area contributed by atoms with Gasteiger partial charge in [0.1, 0.15) is 76.7 Å². The Bertz CT molecular complexity index is 4780. The summed E-state index contributed by atoms with van der Waals surface area (Å²) in [6.07, 6.45) is -11.8. The van der Waals surface area contributed by atoms with E-state index in [1.807, 2.05) is 33.9 Å². The molecule has 1 saturated heterocycles. The van der Waals surface area contributed by atoms with Crippen LogP contribution in [0.15, 0.2) is 126 Å². The van der Waals surface area contributed by atoms with Crippen molar-refractivity contribution in [3.8, 4) is 0 Å². The van der Waals surface area contributed by atoms with Crippen LogP contribution in [-0.4, -0.2) is 235 Å². The van der Waals surface area contributed by atoms with E-state index >= 15 is 43.2 Å². The number of hydrogen-bond acceptors (Lipinski definition) is 23. The standard InChI is InChI=1S/C102H157N15O23Si/c1-29-62(10)74-87(126)112-75(63(11)118)86(125)104-56-73(119)110-76(79(120)91(130)117-102(65-45-36-31-37-46-65,66-47-38-32-39-48-66)67-49-40-33-41-50-67)88(127)108-72(57-135-97(12,13)14)92(131)136-81(64-43-34-30-35-44-64)78(113-85(124)70(54-59(4)5)106-84(123)71(55-60(6)7)109-94(132)137-98(15,16)17)90(129)114-77(80(61(8)9)140-141(27,28)101(24,25)26)89(128)107-69(53-58(2)3)83(122)105-68(82(121)111-74)51-42-52-103-93(115-95(133)138-99(18,19)20)116-96(134)139-100(21,22)23/h30-41,43-50,58-63,68-72,74-81,118,120H,29,42,51-57H2,1-28H3,(H,104,125)(H,105,122)(H,106,123)(H,107,128)(H,108,127)(H,109,132)(H,110,119)(H,111,121)(H,112,126)(H,113,124)(H,114,129)(H,117,130)(H2,103,115,116,133,134)/t62-,63-,68+,69-,70-,71+,72-,74-,75-,76-,77-,78-,79-,80+,81+/m0/s1. The molecule has 0 radical (unpaired) electrons. The molecule has 1 fully saturated rings. The van der Waals surface area contributed by atoms with Crippen molar-refractivity contribution in [1.29, 1.82) is 0 Å². The van der Waals surface area contributed by atoms with E-state index in [-0.39, 0.29) is 56.6 Å². The molecule has 0 unspecified atom stereocenters. The predicted molar refractivity (Wildman–Crippen MR) is 535 cm³/mol. The van der Waals surface area contributed by atoms with Crippen LogP contribution in [0.3, 0.4) is 0 Å². The van der Waals surface area contributed by atoms with Crippen LogP contribution < -0.4 is 74.4 Å². The molecule has 782 valence electrons. The van der Waals surface area contributed by atoms with Crippen molar-refractivity contribution >= 4 is 104 Å². The Kier molecular flexibility index (Phi) is 45.1. The van der Waals surface area contributed by atoms with E-state index in [1.54, 1.807) is 249 Å². The molecule has 0 aliphatic carbocycles. The van der Waals surface area contributed by atoms with Gasteiger partial charge in [0.25, 0.3) is 5.91 Å². The molecule has 1 heterocycles. The molecule has 0 saturated carbocycles. The highest BCUT2D eigenvalue weighted by atomic mass is 28.4. The van der Waals surface area contributed by atoms with Gasteiger partial charge in [0, 0.05) is 6.54 Å². The topological polar surface area (TPSA) is 533 Å². The summed E-state index contributed by atoms with van der Waals surface area (Å²) in [7, 11) is -3.19. The molecule has 1 aliphatic heterocycles. The fourth-order valence-electron chi connectivity index (χ4n) is 14.7. The van der Waals surface area contributed by atoms with Crippen LogP contribution in [0.2, 0.25) is 18.1 Å². The first-order valence-corrected chi connectivity index (χ1v) is 51.2. The van der Waals surface area contributed by atoms with Gasteiger partial charge in [-0.1, -0.05) is 218 Å². The monoisotopic (exact) mass is 1990 g/mol. The highest BCUT2D eigenvalue weighted by molar-refractivity contribution is 6.74. The number of nitrogens with one attached hydrogen (secondary N) is 14. The molecule has 0 aromatic heterocycles. The summed E-state index contributed by atoms with van der Waals surface area (Å²) in [6.45, 7) is 44.9. The molecule has 15 atom stereocenters. The number of carbonyl (C=O) groups excluding carboxylic acids is 15. The zero-order valence-electron chi connectivity index (χ0n) is 87.3. The van der Waals surface area contributed by atoms with Crippen molar-refractivity contribution in [2.75, 3.05) is 19.7 Å². The van der Waals surface area contributed by atoms with Crippen molar-refractivity contribution < 1.29 is 110 Å². The first-order valence-electron chi connectivity index (χ1n) is 48.3. The van der Waals surface area contributed by atoms with Gasteiger partial charge in [-0.25, -0.2) is 19.2 Å². The zero-order chi connectivity index (χ0) is 106. The second-order valence-electron chi connectivity index (χ2n) is 42.9. The van der Waals surface area contributed by atoms with Crippen molar-refractivity contribution in [2.45, 2.75) is 349 Å². The summed E-state index contributed by atoms with van der Waals surface area (Å²) in [4.78, 5) is 233. The zero-order valence-corrected chi connectivity index (χ0v) is 88.3. The van der Waals surface area contributed by atoms with Gasteiger partial charge >= 0.3 is 24.2 Å². The number of nitrogens with zero attached hydrogens (tertiary/aromatic N) is 1. The number of aliphatic imine (C=N–C) groups is 1. The maximum Gasteiger partial charge on any atom is 0.437 e. The lowest BCUT2D eigenvalue weighted by atomic mass is 9.76. The average molecular weight is 1990 g/mol. The van der Waals surface area contributed by atoms with E-state index in [4.69, 9.17) is 28.1 Å². The molecule has 141 heavy (non-hydrogen) atoms. The summed E-state index contributed by atoms with van der Waals surface area (Å²) >= 11 is 0. The van der Waals surface area contributed by atoms with Gasteiger partial charge < -0.3 is 107 Å². The largest absolute Gasteiger partial charge is 0.453 e. The van der Waals surface area contributed by atoms with Crippen molar-refractivity contribution in [3.63, 3.8) is 0 Å². The molecular weight excluding hydrogens is 1830 g/mol. The van der Waals surface area contributed by atoms with Crippen molar-refractivity contribution in [1.82, 2.24) is 74.4 Å². The molecule has 5 rings (SSSR count). The Morgan fingerprint density at radius 1 is 0.496 bits per heavy atom. The maximum atomic E-state index is 16.9. The van der Waals surface area contributed by atoms with Crippen LogP contribution >= 0.6 is 0 Å². The lowest BCUT2D eigenvalue weighted by molar-refractivity contribution is -0.161. The lowest BCUT2D eigenvalue weighted by Crippen LogP contribution is -2.65. The lowest BCUT2D eigenvalue weighted by Gasteiger charge is -2.43. The number of rotatable bonds is 31. The van der Waals surface area contributed by atoms with Gasteiger partial charge in [-0.3, -0.25) is 58.1 Å². The smallest absolute Gasteiger partial charge is 0.437 e. The second-order valence-corrected chi connectivity index (χ2v) is 47.6. The van der Waals surface area contributed by atoms with E-state index in [1.165, 1.54) is 24.3 Å². The van der Waals surface area contributed by atoms with Gasteiger partial charge in [0.05, 0.1) is 31.0 Å². The van der Waals surface area contributed by atoms with Gasteiger partial charge in [-0.15, -0.1) is 4.99 Å². The molecule has 4 aromatic rings. The number of hydrogen-bond donors (Lipinski definition) is 16. The third kappa shape index (κ3) is 39.1. The van der Waals surface area contributed by atoms with Crippen LogP contribution in [0.4, 0.5) is 14.4 Å². The van der Waals surface area contributed by atoms with Gasteiger partial charge in [0.2, 0.25) is 65.0 Å².